The van der Waals surface area contributed by atoms with Crippen LogP contribution < -0.4 is 11.1 Å². The molecule has 9 nitrogen and oxygen atoms in total. The predicted molar refractivity (Wildman–Crippen MR) is 81.4 cm³/mol. The van der Waals surface area contributed by atoms with Crippen LogP contribution in [0.3, 0.4) is 0 Å². The van der Waals surface area contributed by atoms with E-state index in [9.17, 15) is 14.9 Å². The van der Waals surface area contributed by atoms with Gasteiger partial charge < -0.3 is 11.1 Å². The molecule has 0 fully saturated rings. The Morgan fingerprint density at radius 3 is 2.86 bits per heavy atom. The van der Waals surface area contributed by atoms with Gasteiger partial charge in [-0.05, 0) is 13.0 Å². The number of nitrogens with zero attached hydrogens (tertiary/aromatic N) is 4. The van der Waals surface area contributed by atoms with Crippen LogP contribution in [0.15, 0.2) is 24.3 Å². The average Bonchev–Trinajstić information content (AvgIpc) is 2.86. The number of hydrogen-bond donors (Lipinski definition) is 2. The summed E-state index contributed by atoms with van der Waals surface area (Å²) in [5.41, 5.74) is 6.37. The Kier molecular flexibility index (Phi) is 5.96. The lowest BCUT2D eigenvalue weighted by atomic mass is 10.2. The Labute approximate surface area is 132 Å². The van der Waals surface area contributed by atoms with Gasteiger partial charge in [-0.2, -0.15) is 0 Å². The van der Waals surface area contributed by atoms with E-state index in [0.717, 1.165) is 0 Å². The topological polar surface area (TPSA) is 129 Å². The van der Waals surface area contributed by atoms with Gasteiger partial charge in [-0.3, -0.25) is 14.9 Å². The van der Waals surface area contributed by atoms with Gasteiger partial charge in [0, 0.05) is 25.2 Å². The van der Waals surface area contributed by atoms with Gasteiger partial charge in [0.1, 0.15) is 0 Å². The van der Waals surface area contributed by atoms with Crippen molar-refractivity contribution in [2.24, 2.45) is 5.73 Å². The number of aromatic nitrogens is 3. The van der Waals surface area contributed by atoms with Crippen molar-refractivity contribution in [2.45, 2.75) is 6.92 Å². The molecular weight excluding hydrogens is 312 g/mol. The monoisotopic (exact) mass is 326 g/mol. The minimum Gasteiger partial charge on any atom is -0.349 e. The van der Waals surface area contributed by atoms with Crippen molar-refractivity contribution in [2.75, 3.05) is 13.1 Å². The van der Waals surface area contributed by atoms with Gasteiger partial charge in [0.15, 0.2) is 5.69 Å². The number of nitro benzene ring substituents is 1. The smallest absolute Gasteiger partial charge is 0.273 e. The molecule has 0 aliphatic heterocycles. The summed E-state index contributed by atoms with van der Waals surface area (Å²) in [6.07, 6.45) is 0. The molecular formula is C12H15ClN6O3. The molecule has 2 aromatic rings. The lowest BCUT2D eigenvalue weighted by Crippen LogP contribution is -2.29. The van der Waals surface area contributed by atoms with Gasteiger partial charge in [0.2, 0.25) is 0 Å². The second-order valence-electron chi connectivity index (χ2n) is 4.26. The number of nitrogens with two attached hydrogens (primary N) is 1. The Morgan fingerprint density at radius 2 is 2.23 bits per heavy atom. The fourth-order valence-electron chi connectivity index (χ4n) is 1.79. The van der Waals surface area contributed by atoms with Crippen LogP contribution in [0.2, 0.25) is 0 Å². The normalized spacial score (nSPS) is 9.91. The number of benzene rings is 1. The molecule has 1 heterocycles. The quantitative estimate of drug-likeness (QED) is 0.611. The Bertz CT molecular complexity index is 687. The van der Waals surface area contributed by atoms with Gasteiger partial charge in [-0.15, -0.1) is 17.5 Å². The first kappa shape index (κ1) is 17.5. The molecule has 1 aromatic carbocycles. The second kappa shape index (κ2) is 7.48. The molecule has 22 heavy (non-hydrogen) atoms. The standard InChI is InChI=1S/C12H14N6O3.ClH/c1-8-11(12(19)14-6-5-13)15-16-17(8)9-3-2-4-10(7-9)18(20)21;/h2-4,7H,5-6,13H2,1H3,(H,14,19);1H. The van der Waals surface area contributed by atoms with E-state index in [4.69, 9.17) is 5.73 Å². The number of hydrogen-bond acceptors (Lipinski definition) is 6. The zero-order chi connectivity index (χ0) is 15.4. The number of non-ortho nitro benzene ring substituents is 1. The minimum absolute atomic E-state index is 0. The molecule has 0 saturated heterocycles. The molecule has 0 radical (unpaired) electrons. The molecule has 1 aromatic heterocycles. The van der Waals surface area contributed by atoms with Gasteiger partial charge in [-0.25, -0.2) is 4.68 Å². The van der Waals surface area contributed by atoms with E-state index >= 15 is 0 Å². The summed E-state index contributed by atoms with van der Waals surface area (Å²) in [5, 5.41) is 21.1. The van der Waals surface area contributed by atoms with Crippen LogP contribution in [-0.2, 0) is 0 Å². The van der Waals surface area contributed by atoms with Crippen molar-refractivity contribution in [3.05, 3.63) is 45.8 Å². The lowest BCUT2D eigenvalue weighted by Gasteiger charge is -2.04. The third-order valence-corrected chi connectivity index (χ3v) is 2.82. The number of amides is 1. The maximum atomic E-state index is 11.9. The van der Waals surface area contributed by atoms with E-state index in [1.165, 1.54) is 16.8 Å². The van der Waals surface area contributed by atoms with E-state index in [-0.39, 0.29) is 29.7 Å². The summed E-state index contributed by atoms with van der Waals surface area (Å²) in [7, 11) is 0. The molecule has 118 valence electrons. The highest BCUT2D eigenvalue weighted by Crippen LogP contribution is 2.18. The van der Waals surface area contributed by atoms with E-state index in [0.29, 0.717) is 24.5 Å². The molecule has 3 N–H and O–H groups in total. The number of halogens is 1. The predicted octanol–water partition coefficient (Wildman–Crippen LogP) is 0.594. The summed E-state index contributed by atoms with van der Waals surface area (Å²) in [6, 6.07) is 5.94. The Morgan fingerprint density at radius 1 is 1.50 bits per heavy atom. The van der Waals surface area contributed by atoms with Crippen molar-refractivity contribution in [3.8, 4) is 5.69 Å². The number of nitrogens with one attached hydrogen (secondary N) is 1. The largest absolute Gasteiger partial charge is 0.349 e. The number of carbonyl (C=O) groups excluding carboxylic acids is 1. The van der Waals surface area contributed by atoms with E-state index in [1.807, 2.05) is 0 Å². The van der Waals surface area contributed by atoms with Gasteiger partial charge in [0.05, 0.1) is 16.3 Å². The lowest BCUT2D eigenvalue weighted by molar-refractivity contribution is -0.384. The zero-order valence-electron chi connectivity index (χ0n) is 11.7. The molecule has 0 bridgehead atoms. The maximum absolute atomic E-state index is 11.9. The van der Waals surface area contributed by atoms with Crippen LogP contribution in [0.5, 0.6) is 0 Å². The Hall–Kier alpha value is -2.52. The van der Waals surface area contributed by atoms with Crippen LogP contribution in [0.1, 0.15) is 16.2 Å². The fourth-order valence-corrected chi connectivity index (χ4v) is 1.79. The van der Waals surface area contributed by atoms with Crippen molar-refractivity contribution in [1.82, 2.24) is 20.3 Å². The number of rotatable bonds is 5. The first-order chi connectivity index (χ1) is 10.0. The van der Waals surface area contributed by atoms with Gasteiger partial charge in [0.25, 0.3) is 11.6 Å². The highest BCUT2D eigenvalue weighted by molar-refractivity contribution is 5.93. The molecule has 0 saturated carbocycles. The van der Waals surface area contributed by atoms with Crippen LogP contribution >= 0.6 is 12.4 Å². The first-order valence-corrected chi connectivity index (χ1v) is 6.20. The third kappa shape index (κ3) is 3.57. The molecule has 0 unspecified atom stereocenters. The van der Waals surface area contributed by atoms with Gasteiger partial charge in [-0.1, -0.05) is 11.3 Å². The highest BCUT2D eigenvalue weighted by Gasteiger charge is 2.17. The first-order valence-electron chi connectivity index (χ1n) is 6.20. The number of nitro groups is 1. The van der Waals surface area contributed by atoms with Crippen molar-refractivity contribution < 1.29 is 9.72 Å². The fraction of sp³-hybridized carbons (Fsp3) is 0.250. The van der Waals surface area contributed by atoms with Crippen LogP contribution in [-0.4, -0.2) is 38.9 Å². The third-order valence-electron chi connectivity index (χ3n) is 2.82. The minimum atomic E-state index is -0.495. The molecule has 0 aliphatic rings. The molecule has 1 amide bonds. The zero-order valence-corrected chi connectivity index (χ0v) is 12.5. The molecule has 10 heteroatoms. The molecule has 0 spiro atoms. The maximum Gasteiger partial charge on any atom is 0.273 e. The van der Waals surface area contributed by atoms with E-state index in [2.05, 4.69) is 15.6 Å². The number of carbonyl (C=O) groups is 1. The molecule has 0 aliphatic carbocycles. The average molecular weight is 327 g/mol. The second-order valence-corrected chi connectivity index (χ2v) is 4.26. The van der Waals surface area contributed by atoms with Gasteiger partial charge >= 0.3 is 0 Å². The molecule has 2 rings (SSSR count). The van der Waals surface area contributed by atoms with Crippen molar-refractivity contribution >= 4 is 24.0 Å². The summed E-state index contributed by atoms with van der Waals surface area (Å²) >= 11 is 0. The van der Waals surface area contributed by atoms with E-state index in [1.54, 1.807) is 19.1 Å². The van der Waals surface area contributed by atoms with Crippen molar-refractivity contribution in [3.63, 3.8) is 0 Å². The van der Waals surface area contributed by atoms with E-state index < -0.39 is 4.92 Å². The summed E-state index contributed by atoms with van der Waals surface area (Å²) < 4.78 is 1.38. The van der Waals surface area contributed by atoms with Crippen LogP contribution in [0.25, 0.3) is 5.69 Å². The van der Waals surface area contributed by atoms with Crippen molar-refractivity contribution in [1.29, 1.82) is 0 Å². The molecule has 0 atom stereocenters. The van der Waals surface area contributed by atoms with Crippen LogP contribution in [0.4, 0.5) is 5.69 Å². The highest BCUT2D eigenvalue weighted by atomic mass is 35.5. The Balaban J connectivity index is 0.00000242. The summed E-state index contributed by atoms with van der Waals surface area (Å²) in [6.45, 7) is 2.32. The van der Waals surface area contributed by atoms with Crippen LogP contribution in [0, 0.1) is 17.0 Å². The summed E-state index contributed by atoms with van der Waals surface area (Å²) in [5.74, 6) is -0.380. The SMILES string of the molecule is Cc1c(C(=O)NCCN)nnn1-c1cccc([N+](=O)[O-])c1.Cl. The summed E-state index contributed by atoms with van der Waals surface area (Å²) in [4.78, 5) is 22.1.